The van der Waals surface area contributed by atoms with Gasteiger partial charge in [0.15, 0.2) is 6.10 Å². The van der Waals surface area contributed by atoms with Crippen molar-refractivity contribution in [1.82, 2.24) is 0 Å². The van der Waals surface area contributed by atoms with Crippen LogP contribution >= 0.6 is 0 Å². The van der Waals surface area contributed by atoms with Crippen LogP contribution in [-0.4, -0.2) is 37.5 Å². The molecule has 1 aliphatic rings. The van der Waals surface area contributed by atoms with Gasteiger partial charge in [0.05, 0.1) is 24.9 Å². The van der Waals surface area contributed by atoms with E-state index in [0.29, 0.717) is 22.7 Å². The summed E-state index contributed by atoms with van der Waals surface area (Å²) in [7, 11) is 1.53. The van der Waals surface area contributed by atoms with Crippen molar-refractivity contribution in [3.63, 3.8) is 0 Å². The van der Waals surface area contributed by atoms with Crippen LogP contribution in [0.25, 0.3) is 0 Å². The van der Waals surface area contributed by atoms with Gasteiger partial charge in [-0.1, -0.05) is 29.8 Å². The largest absolute Gasteiger partial charge is 0.496 e. The van der Waals surface area contributed by atoms with Gasteiger partial charge >= 0.3 is 5.97 Å². The molecule has 0 fully saturated rings. The van der Waals surface area contributed by atoms with E-state index in [4.69, 9.17) is 9.47 Å². The third kappa shape index (κ3) is 4.14. The monoisotopic (exact) mass is 382 g/mol. The molecule has 1 N–H and O–H groups in total. The van der Waals surface area contributed by atoms with E-state index >= 15 is 0 Å². The molecule has 1 atom stereocenters. The Kier molecular flexibility index (Phi) is 5.63. The number of fused-ring (bicyclic) bond motifs is 1. The number of ether oxygens (including phenoxy) is 2. The van der Waals surface area contributed by atoms with Crippen molar-refractivity contribution in [3.05, 3.63) is 53.6 Å². The molecule has 146 valence electrons. The van der Waals surface area contributed by atoms with Crippen molar-refractivity contribution in [1.29, 1.82) is 0 Å². The van der Waals surface area contributed by atoms with Crippen molar-refractivity contribution in [2.75, 3.05) is 23.9 Å². The van der Waals surface area contributed by atoms with Crippen molar-refractivity contribution >= 4 is 29.2 Å². The Balaban J connectivity index is 1.70. The number of hydrogen-bond acceptors (Lipinski definition) is 5. The summed E-state index contributed by atoms with van der Waals surface area (Å²) in [6, 6.07) is 12.5. The summed E-state index contributed by atoms with van der Waals surface area (Å²) in [5, 5.41) is 2.72. The standard InChI is InChI=1S/C21H22N2O5/c1-13-8-9-18(27-3)15(10-13)11-20(25)28-14(2)21(26)23-12-19(24)22-16-6-4-5-7-17(16)23/h4-10,14H,11-12H2,1-3H3,(H,22,24)/t14-/m1/s1. The normalized spacial score (nSPS) is 14.0. The molecular formula is C21H22N2O5. The molecule has 2 amide bonds. The molecule has 1 aliphatic heterocycles. The summed E-state index contributed by atoms with van der Waals surface area (Å²) < 4.78 is 10.6. The summed E-state index contributed by atoms with van der Waals surface area (Å²) in [6.07, 6.45) is -1.04. The molecule has 0 aromatic heterocycles. The van der Waals surface area contributed by atoms with Gasteiger partial charge in [0.2, 0.25) is 5.91 Å². The molecule has 1 heterocycles. The zero-order valence-corrected chi connectivity index (χ0v) is 16.0. The fourth-order valence-corrected chi connectivity index (χ4v) is 3.14. The first-order valence-electron chi connectivity index (χ1n) is 8.92. The van der Waals surface area contributed by atoms with Crippen LogP contribution in [0.5, 0.6) is 5.75 Å². The fraction of sp³-hybridized carbons (Fsp3) is 0.286. The predicted molar refractivity (Wildman–Crippen MR) is 104 cm³/mol. The molecular weight excluding hydrogens is 360 g/mol. The third-order valence-electron chi connectivity index (χ3n) is 4.46. The lowest BCUT2D eigenvalue weighted by Crippen LogP contribution is -2.47. The lowest BCUT2D eigenvalue weighted by atomic mass is 10.1. The molecule has 0 radical (unpaired) electrons. The summed E-state index contributed by atoms with van der Waals surface area (Å²) in [6.45, 7) is 3.30. The summed E-state index contributed by atoms with van der Waals surface area (Å²) >= 11 is 0. The van der Waals surface area contributed by atoms with Crippen LogP contribution in [0.1, 0.15) is 18.1 Å². The Labute approximate surface area is 163 Å². The van der Waals surface area contributed by atoms with Gasteiger partial charge in [0.1, 0.15) is 12.3 Å². The third-order valence-corrected chi connectivity index (χ3v) is 4.46. The predicted octanol–water partition coefficient (Wildman–Crippen LogP) is 2.46. The molecule has 0 bridgehead atoms. The van der Waals surface area contributed by atoms with Crippen LogP contribution in [0.2, 0.25) is 0 Å². The van der Waals surface area contributed by atoms with E-state index in [2.05, 4.69) is 5.32 Å². The second-order valence-electron chi connectivity index (χ2n) is 6.61. The first-order chi connectivity index (χ1) is 13.4. The Morgan fingerprint density at radius 2 is 1.96 bits per heavy atom. The Morgan fingerprint density at radius 1 is 1.21 bits per heavy atom. The first-order valence-corrected chi connectivity index (χ1v) is 8.92. The summed E-state index contributed by atoms with van der Waals surface area (Å²) in [5.74, 6) is -0.704. The first kappa shape index (κ1) is 19.4. The highest BCUT2D eigenvalue weighted by Crippen LogP contribution is 2.29. The number of aryl methyl sites for hydroxylation is 1. The van der Waals surface area contributed by atoms with Gasteiger partial charge in [0, 0.05) is 5.56 Å². The molecule has 0 saturated carbocycles. The molecule has 2 aromatic carbocycles. The minimum Gasteiger partial charge on any atom is -0.496 e. The summed E-state index contributed by atoms with van der Waals surface area (Å²) in [5.41, 5.74) is 2.81. The van der Waals surface area contributed by atoms with E-state index in [9.17, 15) is 14.4 Å². The second-order valence-corrected chi connectivity index (χ2v) is 6.61. The SMILES string of the molecule is COc1ccc(C)cc1CC(=O)O[C@H](C)C(=O)N1CC(=O)Nc2ccccc21. The Hall–Kier alpha value is -3.35. The number of methoxy groups -OCH3 is 1. The minimum atomic E-state index is -1.03. The highest BCUT2D eigenvalue weighted by molar-refractivity contribution is 6.11. The van der Waals surface area contributed by atoms with E-state index in [1.165, 1.54) is 18.9 Å². The number of hydrogen-bond donors (Lipinski definition) is 1. The van der Waals surface area contributed by atoms with E-state index < -0.39 is 18.0 Å². The van der Waals surface area contributed by atoms with Crippen LogP contribution in [0, 0.1) is 6.92 Å². The quantitative estimate of drug-likeness (QED) is 0.803. The number of para-hydroxylation sites is 2. The number of nitrogens with one attached hydrogen (secondary N) is 1. The molecule has 3 rings (SSSR count). The number of anilines is 2. The van der Waals surface area contributed by atoms with Crippen LogP contribution in [0.15, 0.2) is 42.5 Å². The van der Waals surface area contributed by atoms with Crippen LogP contribution in [-0.2, 0) is 25.5 Å². The van der Waals surface area contributed by atoms with Crippen molar-refractivity contribution in [3.8, 4) is 5.75 Å². The van der Waals surface area contributed by atoms with Gasteiger partial charge in [-0.15, -0.1) is 0 Å². The van der Waals surface area contributed by atoms with Gasteiger partial charge in [-0.25, -0.2) is 0 Å². The molecule has 2 aromatic rings. The van der Waals surface area contributed by atoms with Crippen LogP contribution in [0.4, 0.5) is 11.4 Å². The van der Waals surface area contributed by atoms with Crippen LogP contribution in [0.3, 0.4) is 0 Å². The minimum absolute atomic E-state index is 0.0143. The average molecular weight is 382 g/mol. The Morgan fingerprint density at radius 3 is 2.71 bits per heavy atom. The number of amides is 2. The van der Waals surface area contributed by atoms with E-state index in [-0.39, 0.29) is 18.9 Å². The molecule has 0 unspecified atom stereocenters. The number of carbonyl (C=O) groups excluding carboxylic acids is 3. The van der Waals surface area contributed by atoms with Crippen molar-refractivity contribution in [2.24, 2.45) is 0 Å². The lowest BCUT2D eigenvalue weighted by molar-refractivity contribution is -0.153. The second kappa shape index (κ2) is 8.12. The maximum Gasteiger partial charge on any atom is 0.311 e. The molecule has 7 heteroatoms. The van der Waals surface area contributed by atoms with Crippen LogP contribution < -0.4 is 15.0 Å². The molecule has 0 aliphatic carbocycles. The number of carbonyl (C=O) groups is 3. The molecule has 7 nitrogen and oxygen atoms in total. The van der Waals surface area contributed by atoms with E-state index in [1.807, 2.05) is 19.1 Å². The van der Waals surface area contributed by atoms with E-state index in [1.54, 1.807) is 30.3 Å². The highest BCUT2D eigenvalue weighted by atomic mass is 16.5. The smallest absolute Gasteiger partial charge is 0.311 e. The molecule has 0 saturated heterocycles. The highest BCUT2D eigenvalue weighted by Gasteiger charge is 2.31. The average Bonchev–Trinajstić information content (AvgIpc) is 2.66. The number of benzene rings is 2. The topological polar surface area (TPSA) is 84.9 Å². The number of rotatable bonds is 5. The van der Waals surface area contributed by atoms with Crippen molar-refractivity contribution in [2.45, 2.75) is 26.4 Å². The van der Waals surface area contributed by atoms with Gasteiger partial charge in [-0.2, -0.15) is 0 Å². The van der Waals surface area contributed by atoms with Gasteiger partial charge in [-0.05, 0) is 32.0 Å². The lowest BCUT2D eigenvalue weighted by Gasteiger charge is -2.30. The zero-order chi connectivity index (χ0) is 20.3. The zero-order valence-electron chi connectivity index (χ0n) is 16.0. The summed E-state index contributed by atoms with van der Waals surface area (Å²) in [4.78, 5) is 38.4. The fourth-order valence-electron chi connectivity index (χ4n) is 3.14. The van der Waals surface area contributed by atoms with Gasteiger partial charge in [-0.3, -0.25) is 19.3 Å². The Bertz CT molecular complexity index is 925. The maximum absolute atomic E-state index is 12.8. The van der Waals surface area contributed by atoms with E-state index in [0.717, 1.165) is 5.56 Å². The van der Waals surface area contributed by atoms with Crippen molar-refractivity contribution < 1.29 is 23.9 Å². The molecule has 0 spiro atoms. The molecule has 28 heavy (non-hydrogen) atoms. The maximum atomic E-state index is 12.8. The number of nitrogens with zero attached hydrogens (tertiary/aromatic N) is 1. The number of esters is 1. The van der Waals surface area contributed by atoms with Gasteiger partial charge in [0.25, 0.3) is 5.91 Å². The van der Waals surface area contributed by atoms with Gasteiger partial charge < -0.3 is 14.8 Å².